The fourth-order valence-corrected chi connectivity index (χ4v) is 0.803. The van der Waals surface area contributed by atoms with E-state index in [0.717, 1.165) is 0 Å². The summed E-state index contributed by atoms with van der Waals surface area (Å²) in [5, 5.41) is 23.5. The van der Waals surface area contributed by atoms with Crippen LogP contribution in [0.3, 0.4) is 0 Å². The van der Waals surface area contributed by atoms with Crippen molar-refractivity contribution in [2.24, 2.45) is 0 Å². The third-order valence-electron chi connectivity index (χ3n) is 0.579. The van der Waals surface area contributed by atoms with Gasteiger partial charge in [-0.05, 0) is 6.92 Å². The maximum atomic E-state index is 9.60. The number of hydrogen-bond donors (Lipinski definition) is 3. The summed E-state index contributed by atoms with van der Waals surface area (Å²) in [5.41, 5.74) is 0.176. The van der Waals surface area contributed by atoms with E-state index in [0.29, 0.717) is 0 Å². The molecule has 3 N–H and O–H groups in total. The molecule has 0 saturated heterocycles. The molecule has 0 atom stereocenters. The summed E-state index contributed by atoms with van der Waals surface area (Å²) in [6.45, 7) is 4.60. The van der Waals surface area contributed by atoms with E-state index >= 15 is 0 Å². The third kappa shape index (κ3) is 18.2. The minimum atomic E-state index is -2.32. The fourth-order valence-electron chi connectivity index (χ4n) is 0.0915. The van der Waals surface area contributed by atoms with Crippen molar-refractivity contribution in [2.75, 3.05) is 0 Å². The van der Waals surface area contributed by atoms with Crippen LogP contribution in [0, 0.1) is 0 Å². The standard InChI is InChI=1S/C4H6O2.2CHO2.Bi.H/c1-3(2)4(5)6;2*2-1-3;;/h1H2,2H3,(H,5,6);2*(H,2,3);;. The van der Waals surface area contributed by atoms with E-state index in [9.17, 15) is 14.4 Å². The summed E-state index contributed by atoms with van der Waals surface area (Å²) >= 11 is -2.32. The van der Waals surface area contributed by atoms with Gasteiger partial charge in [0.1, 0.15) is 0 Å². The van der Waals surface area contributed by atoms with Gasteiger partial charge >= 0.3 is 56.4 Å². The van der Waals surface area contributed by atoms with Crippen molar-refractivity contribution in [1.29, 1.82) is 0 Å². The molecular formula is C6H9BiO6. The molecule has 6 nitrogen and oxygen atoms in total. The minimum absolute atomic E-state index is 0.176. The van der Waals surface area contributed by atoms with Gasteiger partial charge < -0.3 is 5.11 Å². The van der Waals surface area contributed by atoms with Crippen LogP contribution in [0.15, 0.2) is 12.2 Å². The van der Waals surface area contributed by atoms with Gasteiger partial charge in [-0.2, -0.15) is 0 Å². The second kappa shape index (κ2) is 7.67. The van der Waals surface area contributed by atoms with Gasteiger partial charge in [0.15, 0.2) is 0 Å². The molecule has 0 heterocycles. The summed E-state index contributed by atoms with van der Waals surface area (Å²) in [6.07, 6.45) is 0. The van der Waals surface area contributed by atoms with E-state index in [4.69, 9.17) is 15.3 Å². The van der Waals surface area contributed by atoms with Crippen molar-refractivity contribution in [3.8, 4) is 0 Å². The van der Waals surface area contributed by atoms with Gasteiger partial charge in [0.05, 0.1) is 0 Å². The summed E-state index contributed by atoms with van der Waals surface area (Å²) in [5.74, 6) is -0.935. The molecule has 7 heteroatoms. The molecule has 0 amide bonds. The van der Waals surface area contributed by atoms with Gasteiger partial charge in [0.25, 0.3) is 0 Å². The zero-order valence-corrected chi connectivity index (χ0v) is 10.7. The molecule has 0 fully saturated rings. The first-order valence-corrected chi connectivity index (χ1v) is 6.77. The van der Waals surface area contributed by atoms with Gasteiger partial charge in [-0.15, -0.1) is 0 Å². The molecule has 0 aliphatic rings. The Morgan fingerprint density at radius 2 is 1.31 bits per heavy atom. The van der Waals surface area contributed by atoms with E-state index in [2.05, 4.69) is 6.58 Å². The van der Waals surface area contributed by atoms with E-state index in [1.54, 1.807) is 0 Å². The molecule has 0 aliphatic carbocycles. The molecule has 0 radical (unpaired) electrons. The summed E-state index contributed by atoms with van der Waals surface area (Å²) in [4.78, 5) is 28.6. The van der Waals surface area contributed by atoms with Crippen LogP contribution in [0.1, 0.15) is 6.92 Å². The molecule has 74 valence electrons. The molecular weight excluding hydrogens is 377 g/mol. The number of aliphatic carboxylic acids is 1. The predicted octanol–water partition coefficient (Wildman–Crippen LogP) is 0.426. The molecule has 0 rings (SSSR count). The van der Waals surface area contributed by atoms with Crippen molar-refractivity contribution in [2.45, 2.75) is 6.92 Å². The van der Waals surface area contributed by atoms with Crippen LogP contribution in [0.2, 0.25) is 0 Å². The monoisotopic (exact) mass is 386 g/mol. The Balaban J connectivity index is 0. The molecule has 0 aromatic heterocycles. The number of carboxylic acid groups (broad SMARTS) is 3. The average Bonchev–Trinajstić information content (AvgIpc) is 1.84. The first kappa shape index (κ1) is 14.6. The molecule has 0 saturated carbocycles. The van der Waals surface area contributed by atoms with Crippen LogP contribution in [-0.4, -0.2) is 51.9 Å². The third-order valence-corrected chi connectivity index (χ3v) is 2.24. The maximum absolute atomic E-state index is 9.60. The SMILES string of the molecule is C=C(C)C(=O)O.O=[C](O)[BiH][C](=O)O. The van der Waals surface area contributed by atoms with Crippen LogP contribution < -0.4 is 0 Å². The number of rotatable bonds is 3. The van der Waals surface area contributed by atoms with Crippen molar-refractivity contribution in [1.82, 2.24) is 0 Å². The predicted molar refractivity (Wildman–Crippen MR) is 45.6 cm³/mol. The van der Waals surface area contributed by atoms with Crippen LogP contribution in [0.25, 0.3) is 0 Å². The van der Waals surface area contributed by atoms with Crippen LogP contribution in [0.5, 0.6) is 0 Å². The van der Waals surface area contributed by atoms with E-state index < -0.39 is 36.6 Å². The second-order valence-electron chi connectivity index (χ2n) is 1.82. The zero-order chi connectivity index (χ0) is 11.0. The molecule has 0 spiro atoms. The van der Waals surface area contributed by atoms with Gasteiger partial charge in [-0.25, -0.2) is 4.79 Å². The Morgan fingerprint density at radius 1 is 1.08 bits per heavy atom. The fraction of sp³-hybridized carbons (Fsp3) is 0.167. The van der Waals surface area contributed by atoms with E-state index in [1.807, 2.05) is 0 Å². The Morgan fingerprint density at radius 3 is 1.31 bits per heavy atom. The number of carbonyl (C=O) groups is 3. The van der Waals surface area contributed by atoms with E-state index in [-0.39, 0.29) is 5.57 Å². The first-order valence-electron chi connectivity index (χ1n) is 2.89. The quantitative estimate of drug-likeness (QED) is 0.479. The molecule has 0 aliphatic heterocycles. The van der Waals surface area contributed by atoms with Gasteiger partial charge in [0.2, 0.25) is 0 Å². The average molecular weight is 386 g/mol. The van der Waals surface area contributed by atoms with Gasteiger partial charge in [-0.3, -0.25) is 0 Å². The van der Waals surface area contributed by atoms with Crippen molar-refractivity contribution >= 4 is 36.6 Å². The summed E-state index contributed by atoms with van der Waals surface area (Å²) < 4.78 is -2.24. The summed E-state index contributed by atoms with van der Waals surface area (Å²) in [6, 6.07) is 0. The number of hydrogen-bond acceptors (Lipinski definition) is 3. The Kier molecular flexibility index (Phi) is 8.59. The molecule has 0 bridgehead atoms. The molecule has 0 aromatic carbocycles. The van der Waals surface area contributed by atoms with Crippen molar-refractivity contribution in [3.63, 3.8) is 0 Å². The Labute approximate surface area is 85.4 Å². The molecule has 0 aromatic rings. The zero-order valence-electron chi connectivity index (χ0n) is 6.77. The first-order chi connectivity index (χ1) is 5.77. The number of carboxylic acids is 1. The second-order valence-corrected chi connectivity index (χ2v) is 6.12. The summed E-state index contributed by atoms with van der Waals surface area (Å²) in [7, 11) is 0. The Hall–Kier alpha value is -0.967. The van der Waals surface area contributed by atoms with Crippen molar-refractivity contribution < 1.29 is 29.7 Å². The van der Waals surface area contributed by atoms with Crippen molar-refractivity contribution in [3.05, 3.63) is 12.2 Å². The van der Waals surface area contributed by atoms with Crippen LogP contribution in [-0.2, 0) is 4.79 Å². The van der Waals surface area contributed by atoms with Gasteiger partial charge in [0, 0.05) is 5.57 Å². The van der Waals surface area contributed by atoms with E-state index in [1.165, 1.54) is 6.92 Å². The molecule has 0 unspecified atom stereocenters. The van der Waals surface area contributed by atoms with Gasteiger partial charge in [-0.1, -0.05) is 6.58 Å². The topological polar surface area (TPSA) is 112 Å². The molecule has 13 heavy (non-hydrogen) atoms. The van der Waals surface area contributed by atoms with Crippen LogP contribution >= 0.6 is 0 Å². The van der Waals surface area contributed by atoms with Crippen LogP contribution in [0.4, 0.5) is 9.59 Å². The Bertz CT molecular complexity index is 209. The normalized spacial score (nSPS) is 7.77.